The van der Waals surface area contributed by atoms with E-state index in [2.05, 4.69) is 5.32 Å². The van der Waals surface area contributed by atoms with Crippen LogP contribution in [0.2, 0.25) is 0 Å². The smallest absolute Gasteiger partial charge is 0.416 e. The fourth-order valence-corrected chi connectivity index (χ4v) is 4.18. The number of ether oxygens (including phenoxy) is 1. The van der Waals surface area contributed by atoms with E-state index < -0.39 is 36.6 Å². The van der Waals surface area contributed by atoms with Crippen molar-refractivity contribution in [3.8, 4) is 5.75 Å². The third-order valence-corrected chi connectivity index (χ3v) is 5.91. The van der Waals surface area contributed by atoms with E-state index in [4.69, 9.17) is 4.74 Å². The highest BCUT2D eigenvalue weighted by molar-refractivity contribution is 5.32. The van der Waals surface area contributed by atoms with Gasteiger partial charge >= 0.3 is 12.4 Å². The van der Waals surface area contributed by atoms with Crippen LogP contribution in [0.5, 0.6) is 5.75 Å². The molecule has 0 bridgehead atoms. The first kappa shape index (κ1) is 25.4. The Balaban J connectivity index is 1.73. The largest absolute Gasteiger partial charge is 0.489 e. The molecule has 3 rings (SSSR count). The number of hydrogen-bond acceptors (Lipinski definition) is 3. The molecule has 0 spiro atoms. The summed E-state index contributed by atoms with van der Waals surface area (Å²) in [5.41, 5.74) is 0.311. The van der Waals surface area contributed by atoms with E-state index in [1.54, 1.807) is 24.3 Å². The Labute approximate surface area is 188 Å². The molecule has 182 valence electrons. The number of nitrogens with one attached hydrogen (secondary N) is 1. The molecule has 1 saturated carbocycles. The Morgan fingerprint density at radius 2 is 1.64 bits per heavy atom. The number of benzene rings is 2. The maximum absolute atomic E-state index is 12.9. The zero-order valence-electron chi connectivity index (χ0n) is 17.9. The highest BCUT2D eigenvalue weighted by Crippen LogP contribution is 2.36. The second-order valence-corrected chi connectivity index (χ2v) is 8.40. The Morgan fingerprint density at radius 3 is 2.30 bits per heavy atom. The molecule has 0 aliphatic heterocycles. The summed E-state index contributed by atoms with van der Waals surface area (Å²) in [6.07, 6.45) is -6.87. The van der Waals surface area contributed by atoms with Gasteiger partial charge in [0, 0.05) is 12.6 Å². The van der Waals surface area contributed by atoms with Gasteiger partial charge < -0.3 is 15.2 Å². The van der Waals surface area contributed by atoms with Gasteiger partial charge in [-0.05, 0) is 54.2 Å². The fraction of sp³-hybridized carbons (Fsp3) is 0.500. The first-order valence-electron chi connectivity index (χ1n) is 10.9. The minimum absolute atomic E-state index is 0.0817. The van der Waals surface area contributed by atoms with E-state index in [0.717, 1.165) is 49.8 Å². The predicted octanol–water partition coefficient (Wildman–Crippen LogP) is 6.42. The molecule has 33 heavy (non-hydrogen) atoms. The van der Waals surface area contributed by atoms with Crippen LogP contribution in [-0.4, -0.2) is 23.9 Å². The lowest BCUT2D eigenvalue weighted by atomic mass is 9.81. The Bertz CT molecular complexity index is 893. The van der Waals surface area contributed by atoms with Crippen LogP contribution in [0.3, 0.4) is 0 Å². The molecule has 2 N–H and O–H groups in total. The second-order valence-electron chi connectivity index (χ2n) is 8.40. The van der Waals surface area contributed by atoms with E-state index in [1.165, 1.54) is 12.1 Å². The maximum Gasteiger partial charge on any atom is 0.416 e. The summed E-state index contributed by atoms with van der Waals surface area (Å²) in [5.74, 6) is 0.516. The Morgan fingerprint density at radius 1 is 0.939 bits per heavy atom. The lowest BCUT2D eigenvalue weighted by Crippen LogP contribution is -2.41. The van der Waals surface area contributed by atoms with Gasteiger partial charge in [-0.1, -0.05) is 43.5 Å². The monoisotopic (exact) mass is 475 g/mol. The van der Waals surface area contributed by atoms with Gasteiger partial charge in [0.05, 0.1) is 5.56 Å². The first-order valence-corrected chi connectivity index (χ1v) is 10.9. The van der Waals surface area contributed by atoms with Crippen LogP contribution in [0.4, 0.5) is 26.3 Å². The summed E-state index contributed by atoms with van der Waals surface area (Å²) in [5, 5.41) is 12.3. The van der Waals surface area contributed by atoms with Crippen molar-refractivity contribution in [3.05, 3.63) is 65.2 Å². The third kappa shape index (κ3) is 7.37. The van der Waals surface area contributed by atoms with Crippen molar-refractivity contribution < 1.29 is 36.2 Å². The van der Waals surface area contributed by atoms with Crippen molar-refractivity contribution in [2.45, 2.75) is 63.2 Å². The molecule has 2 aromatic carbocycles. The second kappa shape index (κ2) is 10.8. The van der Waals surface area contributed by atoms with Gasteiger partial charge in [-0.3, -0.25) is 0 Å². The van der Waals surface area contributed by atoms with E-state index in [9.17, 15) is 31.4 Å². The molecule has 0 saturated heterocycles. The molecule has 3 nitrogen and oxygen atoms in total. The van der Waals surface area contributed by atoms with Crippen molar-refractivity contribution >= 4 is 0 Å². The quantitative estimate of drug-likeness (QED) is 0.433. The lowest BCUT2D eigenvalue weighted by molar-refractivity contribution is -0.202. The normalized spacial score (nSPS) is 17.5. The SMILES string of the molecule is OC(CNC(c1cccc(OCc2cccc(C(F)(F)F)c2)c1)C1CCCCC1)C(F)(F)F. The van der Waals surface area contributed by atoms with Gasteiger partial charge in [-0.2, -0.15) is 26.3 Å². The van der Waals surface area contributed by atoms with E-state index in [1.807, 2.05) is 0 Å². The van der Waals surface area contributed by atoms with Crippen molar-refractivity contribution in [1.82, 2.24) is 5.32 Å². The molecule has 0 radical (unpaired) electrons. The number of hydrogen-bond donors (Lipinski definition) is 2. The van der Waals surface area contributed by atoms with Gasteiger partial charge in [0.2, 0.25) is 0 Å². The zero-order valence-corrected chi connectivity index (χ0v) is 17.9. The molecule has 2 unspecified atom stereocenters. The zero-order chi connectivity index (χ0) is 24.1. The van der Waals surface area contributed by atoms with E-state index in [-0.39, 0.29) is 12.5 Å². The average molecular weight is 475 g/mol. The van der Waals surface area contributed by atoms with E-state index in [0.29, 0.717) is 11.3 Å². The summed E-state index contributed by atoms with van der Waals surface area (Å²) < 4.78 is 82.8. The highest BCUT2D eigenvalue weighted by Gasteiger charge is 2.39. The maximum atomic E-state index is 12.9. The number of rotatable bonds is 8. The lowest BCUT2D eigenvalue weighted by Gasteiger charge is -2.32. The summed E-state index contributed by atoms with van der Waals surface area (Å²) in [6, 6.07) is 11.3. The van der Waals surface area contributed by atoms with Gasteiger partial charge in [0.25, 0.3) is 0 Å². The van der Waals surface area contributed by atoms with Crippen molar-refractivity contribution in [3.63, 3.8) is 0 Å². The molecule has 0 aromatic heterocycles. The van der Waals surface area contributed by atoms with Crippen LogP contribution in [0, 0.1) is 5.92 Å². The molecule has 2 atom stereocenters. The third-order valence-electron chi connectivity index (χ3n) is 5.91. The fourth-order valence-electron chi connectivity index (χ4n) is 4.18. The molecule has 9 heteroatoms. The van der Waals surface area contributed by atoms with Crippen LogP contribution < -0.4 is 10.1 Å². The van der Waals surface area contributed by atoms with Crippen LogP contribution in [0.25, 0.3) is 0 Å². The first-order chi connectivity index (χ1) is 15.5. The number of halogens is 6. The van der Waals surface area contributed by atoms with Crippen LogP contribution in [0.15, 0.2) is 48.5 Å². The Hall–Kier alpha value is -2.26. The average Bonchev–Trinajstić information content (AvgIpc) is 2.78. The minimum Gasteiger partial charge on any atom is -0.489 e. The summed E-state index contributed by atoms with van der Waals surface area (Å²) in [6.45, 7) is -0.707. The topological polar surface area (TPSA) is 41.5 Å². The summed E-state index contributed by atoms with van der Waals surface area (Å²) in [7, 11) is 0. The molecule has 1 fully saturated rings. The number of alkyl halides is 6. The van der Waals surface area contributed by atoms with Crippen molar-refractivity contribution in [2.24, 2.45) is 5.92 Å². The predicted molar refractivity (Wildman–Crippen MR) is 112 cm³/mol. The van der Waals surface area contributed by atoms with Gasteiger partial charge in [-0.15, -0.1) is 0 Å². The van der Waals surface area contributed by atoms with Gasteiger partial charge in [0.15, 0.2) is 6.10 Å². The van der Waals surface area contributed by atoms with Crippen LogP contribution >= 0.6 is 0 Å². The molecule has 2 aromatic rings. The highest BCUT2D eigenvalue weighted by atomic mass is 19.4. The Kier molecular flexibility index (Phi) is 8.28. The van der Waals surface area contributed by atoms with Gasteiger partial charge in [0.1, 0.15) is 12.4 Å². The standard InChI is InChI=1S/C24H27F6NO2/c25-23(26,27)19-10-4-6-16(12-19)15-33-20-11-5-9-18(13-20)22(17-7-2-1-3-8-17)31-14-21(32)24(28,29)30/h4-6,9-13,17,21-22,31-32H,1-3,7-8,14-15H2. The van der Waals surface area contributed by atoms with Crippen LogP contribution in [0.1, 0.15) is 54.8 Å². The van der Waals surface area contributed by atoms with Gasteiger partial charge in [-0.25, -0.2) is 0 Å². The molecule has 0 amide bonds. The van der Waals surface area contributed by atoms with E-state index >= 15 is 0 Å². The summed E-state index contributed by atoms with van der Waals surface area (Å²) in [4.78, 5) is 0. The van der Waals surface area contributed by atoms with Crippen molar-refractivity contribution in [1.29, 1.82) is 0 Å². The van der Waals surface area contributed by atoms with Crippen molar-refractivity contribution in [2.75, 3.05) is 6.54 Å². The number of aliphatic hydroxyl groups is 1. The molecular weight excluding hydrogens is 448 g/mol. The molecule has 1 aliphatic rings. The summed E-state index contributed by atoms with van der Waals surface area (Å²) >= 11 is 0. The number of aliphatic hydroxyl groups excluding tert-OH is 1. The van der Waals surface area contributed by atoms with Crippen LogP contribution in [-0.2, 0) is 12.8 Å². The molecule has 0 heterocycles. The molecular formula is C24H27F6NO2. The minimum atomic E-state index is -4.71. The molecule has 1 aliphatic carbocycles.